The lowest BCUT2D eigenvalue weighted by Crippen LogP contribution is -2.57. The van der Waals surface area contributed by atoms with E-state index >= 15 is 0 Å². The zero-order valence-electron chi connectivity index (χ0n) is 15.2. The quantitative estimate of drug-likeness (QED) is 0.490. The SMILES string of the molecule is Cc1cc(CC(=O)NC(CO)(CO)CO)n(C)c1C(=O)c1ccc(Cl)cc1. The van der Waals surface area contributed by atoms with Crippen molar-refractivity contribution >= 4 is 23.3 Å². The molecular formula is C19H23ClN2O5. The molecule has 1 heterocycles. The van der Waals surface area contributed by atoms with Gasteiger partial charge in [0.2, 0.25) is 11.7 Å². The molecule has 2 aromatic rings. The molecule has 0 aliphatic carbocycles. The monoisotopic (exact) mass is 394 g/mol. The Morgan fingerprint density at radius 2 is 1.67 bits per heavy atom. The number of hydrogen-bond donors (Lipinski definition) is 4. The van der Waals surface area contributed by atoms with Crippen LogP contribution in [-0.2, 0) is 18.3 Å². The highest BCUT2D eigenvalue weighted by Crippen LogP contribution is 2.20. The molecule has 7 nitrogen and oxygen atoms in total. The molecule has 0 atom stereocenters. The van der Waals surface area contributed by atoms with Gasteiger partial charge in [-0.25, -0.2) is 0 Å². The lowest BCUT2D eigenvalue weighted by molar-refractivity contribution is -0.124. The number of benzene rings is 1. The van der Waals surface area contributed by atoms with Crippen LogP contribution in [0.25, 0.3) is 0 Å². The number of aromatic nitrogens is 1. The normalized spacial score (nSPS) is 11.5. The molecule has 1 aromatic heterocycles. The van der Waals surface area contributed by atoms with E-state index < -0.39 is 31.3 Å². The first-order chi connectivity index (χ1) is 12.8. The maximum atomic E-state index is 12.8. The maximum absolute atomic E-state index is 12.8. The van der Waals surface area contributed by atoms with Gasteiger partial charge in [-0.15, -0.1) is 0 Å². The zero-order valence-corrected chi connectivity index (χ0v) is 16.0. The minimum Gasteiger partial charge on any atom is -0.394 e. The van der Waals surface area contributed by atoms with E-state index in [1.54, 1.807) is 48.9 Å². The molecule has 0 saturated heterocycles. The molecule has 1 amide bonds. The largest absolute Gasteiger partial charge is 0.394 e. The fourth-order valence-electron chi connectivity index (χ4n) is 2.84. The van der Waals surface area contributed by atoms with Gasteiger partial charge in [-0.2, -0.15) is 0 Å². The van der Waals surface area contributed by atoms with Crippen molar-refractivity contribution < 1.29 is 24.9 Å². The van der Waals surface area contributed by atoms with Crippen LogP contribution in [0.3, 0.4) is 0 Å². The van der Waals surface area contributed by atoms with E-state index in [2.05, 4.69) is 5.32 Å². The summed E-state index contributed by atoms with van der Waals surface area (Å²) in [6.45, 7) is -0.0152. The van der Waals surface area contributed by atoms with E-state index in [0.717, 1.165) is 5.56 Å². The van der Waals surface area contributed by atoms with Gasteiger partial charge in [0.05, 0.1) is 31.9 Å². The van der Waals surface area contributed by atoms with Crippen molar-refractivity contribution in [3.05, 3.63) is 57.9 Å². The van der Waals surface area contributed by atoms with Crippen molar-refractivity contribution in [1.29, 1.82) is 0 Å². The number of hydrogen-bond acceptors (Lipinski definition) is 5. The van der Waals surface area contributed by atoms with Gasteiger partial charge < -0.3 is 25.2 Å². The topological polar surface area (TPSA) is 112 Å². The average Bonchev–Trinajstić information content (AvgIpc) is 2.93. The van der Waals surface area contributed by atoms with Gasteiger partial charge in [-0.05, 0) is 42.8 Å². The van der Waals surface area contributed by atoms with Crippen LogP contribution in [0.4, 0.5) is 0 Å². The predicted molar refractivity (Wildman–Crippen MR) is 101 cm³/mol. The predicted octanol–water partition coefficient (Wildman–Crippen LogP) is 0.592. The van der Waals surface area contributed by atoms with E-state index in [0.29, 0.717) is 22.0 Å². The molecule has 0 unspecified atom stereocenters. The van der Waals surface area contributed by atoms with Gasteiger partial charge >= 0.3 is 0 Å². The average molecular weight is 395 g/mol. The first kappa shape index (κ1) is 21.1. The first-order valence-electron chi connectivity index (χ1n) is 8.36. The molecule has 27 heavy (non-hydrogen) atoms. The standard InChI is InChI=1S/C19H23ClN2O5/c1-12-7-15(8-16(26)21-19(9-23,10-24)11-25)22(2)17(12)18(27)13-3-5-14(20)6-4-13/h3-7,23-25H,8-11H2,1-2H3,(H,21,26). The van der Waals surface area contributed by atoms with Crippen LogP contribution in [0.1, 0.15) is 27.3 Å². The minimum atomic E-state index is -1.49. The van der Waals surface area contributed by atoms with Crippen molar-refractivity contribution in [3.63, 3.8) is 0 Å². The van der Waals surface area contributed by atoms with Crippen LogP contribution >= 0.6 is 11.6 Å². The van der Waals surface area contributed by atoms with Crippen LogP contribution < -0.4 is 5.32 Å². The highest BCUT2D eigenvalue weighted by molar-refractivity contribution is 6.30. The first-order valence-corrected chi connectivity index (χ1v) is 8.73. The van der Waals surface area contributed by atoms with Crippen molar-refractivity contribution in [2.75, 3.05) is 19.8 Å². The third-order valence-electron chi connectivity index (χ3n) is 4.50. The number of aryl methyl sites for hydroxylation is 1. The van der Waals surface area contributed by atoms with Crippen LogP contribution in [0.2, 0.25) is 5.02 Å². The van der Waals surface area contributed by atoms with Crippen molar-refractivity contribution in [3.8, 4) is 0 Å². The van der Waals surface area contributed by atoms with Gasteiger partial charge in [0.15, 0.2) is 0 Å². The Balaban J connectivity index is 2.23. The smallest absolute Gasteiger partial charge is 0.226 e. The summed E-state index contributed by atoms with van der Waals surface area (Å²) in [5.74, 6) is -0.674. The molecule has 1 aromatic carbocycles. The summed E-state index contributed by atoms with van der Waals surface area (Å²) in [4.78, 5) is 25.1. The van der Waals surface area contributed by atoms with Crippen LogP contribution in [0, 0.1) is 6.92 Å². The molecule has 0 bridgehead atoms. The summed E-state index contributed by atoms with van der Waals surface area (Å²) in [5, 5.41) is 30.9. The fourth-order valence-corrected chi connectivity index (χ4v) is 2.96. The summed E-state index contributed by atoms with van der Waals surface area (Å²) in [6, 6.07) is 8.30. The number of nitrogens with one attached hydrogen (secondary N) is 1. The number of aliphatic hydroxyl groups excluding tert-OH is 3. The summed E-state index contributed by atoms with van der Waals surface area (Å²) in [5.41, 5.74) is 0.764. The third kappa shape index (κ3) is 4.56. The molecule has 0 aliphatic rings. The van der Waals surface area contributed by atoms with E-state index in [1.807, 2.05) is 0 Å². The van der Waals surface area contributed by atoms with E-state index in [1.165, 1.54) is 0 Å². The molecule has 4 N–H and O–H groups in total. The number of carbonyl (C=O) groups is 2. The second-order valence-electron chi connectivity index (χ2n) is 6.54. The van der Waals surface area contributed by atoms with Crippen molar-refractivity contribution in [2.45, 2.75) is 18.9 Å². The lowest BCUT2D eigenvalue weighted by Gasteiger charge is -2.28. The Bertz CT molecular complexity index is 817. The van der Waals surface area contributed by atoms with Crippen molar-refractivity contribution in [2.24, 2.45) is 7.05 Å². The van der Waals surface area contributed by atoms with Gasteiger partial charge in [0, 0.05) is 23.3 Å². The number of aliphatic hydroxyl groups is 3. The van der Waals surface area contributed by atoms with Gasteiger partial charge in [0.1, 0.15) is 5.54 Å². The molecule has 0 fully saturated rings. The molecule has 0 aliphatic heterocycles. The number of ketones is 1. The third-order valence-corrected chi connectivity index (χ3v) is 4.75. The highest BCUT2D eigenvalue weighted by Gasteiger charge is 2.30. The van der Waals surface area contributed by atoms with Gasteiger partial charge in [-0.3, -0.25) is 9.59 Å². The van der Waals surface area contributed by atoms with Crippen molar-refractivity contribution in [1.82, 2.24) is 9.88 Å². The second kappa shape index (κ2) is 8.67. The van der Waals surface area contributed by atoms with Crippen LogP contribution in [0.5, 0.6) is 0 Å². The Labute approximate surface area is 162 Å². The number of amides is 1. The van der Waals surface area contributed by atoms with E-state index in [4.69, 9.17) is 11.6 Å². The minimum absolute atomic E-state index is 0.0764. The molecule has 0 radical (unpaired) electrons. The number of carbonyl (C=O) groups excluding carboxylic acids is 2. The molecule has 0 spiro atoms. The van der Waals surface area contributed by atoms with Crippen LogP contribution in [-0.4, -0.2) is 56.9 Å². The Morgan fingerprint density at radius 3 is 2.19 bits per heavy atom. The molecule has 0 saturated carbocycles. The molecule has 146 valence electrons. The zero-order chi connectivity index (χ0) is 20.2. The summed E-state index contributed by atoms with van der Waals surface area (Å²) in [6.07, 6.45) is -0.0764. The summed E-state index contributed by atoms with van der Waals surface area (Å²) < 4.78 is 1.64. The Kier molecular flexibility index (Phi) is 6.78. The Hall–Kier alpha value is -2.19. The van der Waals surface area contributed by atoms with E-state index in [-0.39, 0.29) is 12.2 Å². The summed E-state index contributed by atoms with van der Waals surface area (Å²) in [7, 11) is 1.69. The molecule has 8 heteroatoms. The van der Waals surface area contributed by atoms with E-state index in [9.17, 15) is 24.9 Å². The van der Waals surface area contributed by atoms with Gasteiger partial charge in [-0.1, -0.05) is 11.6 Å². The number of rotatable bonds is 8. The Morgan fingerprint density at radius 1 is 1.11 bits per heavy atom. The molecule has 2 rings (SSSR count). The highest BCUT2D eigenvalue weighted by atomic mass is 35.5. The molecular weight excluding hydrogens is 372 g/mol. The second-order valence-corrected chi connectivity index (χ2v) is 6.98. The maximum Gasteiger partial charge on any atom is 0.226 e. The number of nitrogens with zero attached hydrogens (tertiary/aromatic N) is 1. The summed E-state index contributed by atoms with van der Waals surface area (Å²) >= 11 is 5.86. The van der Waals surface area contributed by atoms with Gasteiger partial charge in [0.25, 0.3) is 0 Å². The fraction of sp³-hybridized carbons (Fsp3) is 0.368. The van der Waals surface area contributed by atoms with Crippen LogP contribution in [0.15, 0.2) is 30.3 Å². The lowest BCUT2D eigenvalue weighted by atomic mass is 10.0. The number of halogens is 1.